The van der Waals surface area contributed by atoms with Gasteiger partial charge in [-0.3, -0.25) is 4.72 Å². The molecule has 1 N–H and O–H groups in total. The molecule has 0 saturated heterocycles. The smallest absolute Gasteiger partial charge is 0.262 e. The highest BCUT2D eigenvalue weighted by Crippen LogP contribution is 2.35. The fourth-order valence-electron chi connectivity index (χ4n) is 1.98. The van der Waals surface area contributed by atoms with E-state index in [4.69, 9.17) is 0 Å². The molecule has 11 heteroatoms. The highest BCUT2D eigenvalue weighted by molar-refractivity contribution is 9.10. The first-order valence-corrected chi connectivity index (χ1v) is 10.1. The molecule has 6 nitrogen and oxygen atoms in total. The molecule has 1 aromatic heterocycles. The number of aromatic nitrogens is 3. The Bertz CT molecular complexity index is 1070. The van der Waals surface area contributed by atoms with Crippen molar-refractivity contribution in [3.8, 4) is 0 Å². The minimum absolute atomic E-state index is 0.261. The Kier molecular flexibility index (Phi) is 5.30. The average molecular weight is 461 g/mol. The molecule has 26 heavy (non-hydrogen) atoms. The van der Waals surface area contributed by atoms with Crippen LogP contribution in [-0.4, -0.2) is 23.2 Å². The summed E-state index contributed by atoms with van der Waals surface area (Å²) in [6.07, 6.45) is 1.52. The number of hydrogen-bond donors (Lipinski definition) is 1. The van der Waals surface area contributed by atoms with Crippen LogP contribution in [0.25, 0.3) is 0 Å². The normalized spacial score (nSPS) is 11.5. The third kappa shape index (κ3) is 4.05. The van der Waals surface area contributed by atoms with Crippen LogP contribution in [-0.2, 0) is 17.1 Å². The van der Waals surface area contributed by atoms with Gasteiger partial charge in [0.2, 0.25) is 0 Å². The van der Waals surface area contributed by atoms with Crippen LogP contribution >= 0.6 is 27.7 Å². The van der Waals surface area contributed by atoms with Gasteiger partial charge in [-0.1, -0.05) is 15.9 Å². The lowest BCUT2D eigenvalue weighted by Gasteiger charge is -2.13. The van der Waals surface area contributed by atoms with Gasteiger partial charge < -0.3 is 4.57 Å². The highest BCUT2D eigenvalue weighted by Gasteiger charge is 2.19. The van der Waals surface area contributed by atoms with Gasteiger partial charge in [0, 0.05) is 16.4 Å². The van der Waals surface area contributed by atoms with E-state index >= 15 is 0 Å². The zero-order chi connectivity index (χ0) is 18.9. The summed E-state index contributed by atoms with van der Waals surface area (Å²) in [5.74, 6) is -2.36. The number of rotatable bonds is 5. The van der Waals surface area contributed by atoms with Gasteiger partial charge in [0.25, 0.3) is 10.0 Å². The van der Waals surface area contributed by atoms with Crippen molar-refractivity contribution in [3.05, 3.63) is 58.8 Å². The van der Waals surface area contributed by atoms with Crippen LogP contribution in [0.1, 0.15) is 0 Å². The van der Waals surface area contributed by atoms with Crippen LogP contribution in [0.2, 0.25) is 0 Å². The van der Waals surface area contributed by atoms with Crippen LogP contribution in [0.4, 0.5) is 14.5 Å². The Hall–Kier alpha value is -1.98. The number of anilines is 1. The quantitative estimate of drug-likeness (QED) is 0.626. The molecule has 0 aliphatic rings. The molecule has 0 aliphatic carbocycles. The number of sulfonamides is 1. The Morgan fingerprint density at radius 2 is 1.92 bits per heavy atom. The predicted molar refractivity (Wildman–Crippen MR) is 96.4 cm³/mol. The van der Waals surface area contributed by atoms with Gasteiger partial charge in [0.05, 0.1) is 10.6 Å². The van der Waals surface area contributed by atoms with Crippen molar-refractivity contribution in [2.24, 2.45) is 7.05 Å². The first-order chi connectivity index (χ1) is 12.3. The van der Waals surface area contributed by atoms with E-state index in [2.05, 4.69) is 30.8 Å². The zero-order valence-corrected chi connectivity index (χ0v) is 16.4. The van der Waals surface area contributed by atoms with E-state index in [-0.39, 0.29) is 10.6 Å². The van der Waals surface area contributed by atoms with E-state index in [0.29, 0.717) is 20.6 Å². The van der Waals surface area contributed by atoms with Crippen molar-refractivity contribution in [2.45, 2.75) is 14.9 Å². The van der Waals surface area contributed by atoms with Gasteiger partial charge in [-0.05, 0) is 48.2 Å². The molecule has 0 fully saturated rings. The monoisotopic (exact) mass is 460 g/mol. The van der Waals surface area contributed by atoms with Crippen LogP contribution in [0.3, 0.4) is 0 Å². The minimum Gasteiger partial charge on any atom is -0.311 e. The molecule has 0 radical (unpaired) electrons. The second kappa shape index (κ2) is 7.33. The topological polar surface area (TPSA) is 76.9 Å². The number of nitrogens with zero attached hydrogens (tertiary/aromatic N) is 3. The molecular formula is C15H11BrF2N4O2S2. The summed E-state index contributed by atoms with van der Waals surface area (Å²) in [5, 5.41) is 8.27. The van der Waals surface area contributed by atoms with Crippen molar-refractivity contribution in [1.82, 2.24) is 14.8 Å². The van der Waals surface area contributed by atoms with Crippen LogP contribution in [0.15, 0.2) is 62.1 Å². The summed E-state index contributed by atoms with van der Waals surface area (Å²) in [6, 6.07) is 7.40. The molecule has 136 valence electrons. The lowest BCUT2D eigenvalue weighted by atomic mass is 10.3. The maximum absolute atomic E-state index is 13.4. The molecule has 0 spiro atoms. The van der Waals surface area contributed by atoms with Crippen LogP contribution in [0.5, 0.6) is 0 Å². The van der Waals surface area contributed by atoms with E-state index in [1.807, 2.05) is 0 Å². The minimum atomic E-state index is -4.11. The lowest BCUT2D eigenvalue weighted by Crippen LogP contribution is -2.14. The SMILES string of the molecule is Cn1cnnc1Sc1ccc(Br)cc1NS(=O)(=O)c1ccc(F)c(F)c1. The zero-order valence-electron chi connectivity index (χ0n) is 13.1. The molecule has 0 unspecified atom stereocenters. The number of nitrogens with one attached hydrogen (secondary N) is 1. The molecule has 0 amide bonds. The molecule has 3 aromatic rings. The van der Waals surface area contributed by atoms with E-state index in [1.165, 1.54) is 18.1 Å². The second-order valence-electron chi connectivity index (χ2n) is 5.15. The molecule has 0 saturated carbocycles. The molecule has 2 aromatic carbocycles. The van der Waals surface area contributed by atoms with Crippen molar-refractivity contribution in [2.75, 3.05) is 4.72 Å². The van der Waals surface area contributed by atoms with Gasteiger partial charge in [0.1, 0.15) is 6.33 Å². The average Bonchev–Trinajstić information content (AvgIpc) is 2.97. The van der Waals surface area contributed by atoms with Gasteiger partial charge in [0.15, 0.2) is 16.8 Å². The summed E-state index contributed by atoms with van der Waals surface area (Å²) < 4.78 is 56.3. The third-order valence-corrected chi connectivity index (χ3v) is 6.24. The summed E-state index contributed by atoms with van der Waals surface area (Å²) in [6.45, 7) is 0. The van der Waals surface area contributed by atoms with Crippen molar-refractivity contribution in [3.63, 3.8) is 0 Å². The first kappa shape index (κ1) is 18.8. The van der Waals surface area contributed by atoms with Crippen LogP contribution in [0, 0.1) is 11.6 Å². The maximum atomic E-state index is 13.4. The Morgan fingerprint density at radius 1 is 1.15 bits per heavy atom. The molecule has 1 heterocycles. The molecule has 0 atom stereocenters. The number of halogens is 3. The van der Waals surface area contributed by atoms with Gasteiger partial charge in [-0.25, -0.2) is 17.2 Å². The largest absolute Gasteiger partial charge is 0.311 e. The van der Waals surface area contributed by atoms with E-state index in [0.717, 1.165) is 12.1 Å². The maximum Gasteiger partial charge on any atom is 0.262 e. The summed E-state index contributed by atoms with van der Waals surface area (Å²) in [4.78, 5) is 0.182. The molecule has 3 rings (SSSR count). The van der Waals surface area contributed by atoms with Crippen molar-refractivity contribution < 1.29 is 17.2 Å². The third-order valence-electron chi connectivity index (χ3n) is 3.26. The predicted octanol–water partition coefficient (Wildman–Crippen LogP) is 3.81. The Morgan fingerprint density at radius 3 is 2.58 bits per heavy atom. The first-order valence-electron chi connectivity index (χ1n) is 7.05. The van der Waals surface area contributed by atoms with Gasteiger partial charge >= 0.3 is 0 Å². The Balaban J connectivity index is 1.96. The van der Waals surface area contributed by atoms with E-state index in [1.54, 1.807) is 29.8 Å². The number of aryl methyl sites for hydroxylation is 1. The summed E-state index contributed by atoms with van der Waals surface area (Å²) in [5.41, 5.74) is 0.261. The van der Waals surface area contributed by atoms with E-state index in [9.17, 15) is 17.2 Å². The number of benzene rings is 2. The van der Waals surface area contributed by atoms with Crippen molar-refractivity contribution in [1.29, 1.82) is 0 Å². The fourth-order valence-corrected chi connectivity index (χ4v) is 4.32. The molecular weight excluding hydrogens is 450 g/mol. The van der Waals surface area contributed by atoms with E-state index < -0.39 is 21.7 Å². The summed E-state index contributed by atoms with van der Waals surface area (Å²) >= 11 is 4.49. The Labute approximate surface area is 160 Å². The lowest BCUT2D eigenvalue weighted by molar-refractivity contribution is 0.504. The standard InChI is InChI=1S/C15H11BrF2N4O2S2/c1-22-8-19-20-15(22)25-14-5-2-9(16)6-13(14)21-26(23,24)10-3-4-11(17)12(18)7-10/h2-8,21H,1H3. The number of hydrogen-bond acceptors (Lipinski definition) is 5. The molecule has 0 bridgehead atoms. The van der Waals surface area contributed by atoms with Crippen molar-refractivity contribution >= 4 is 43.4 Å². The van der Waals surface area contributed by atoms with Crippen LogP contribution < -0.4 is 4.72 Å². The molecule has 0 aliphatic heterocycles. The second-order valence-corrected chi connectivity index (χ2v) is 8.76. The van der Waals surface area contributed by atoms with Gasteiger partial charge in [-0.15, -0.1) is 10.2 Å². The van der Waals surface area contributed by atoms with Gasteiger partial charge in [-0.2, -0.15) is 0 Å². The fraction of sp³-hybridized carbons (Fsp3) is 0.0667. The highest BCUT2D eigenvalue weighted by atomic mass is 79.9. The summed E-state index contributed by atoms with van der Waals surface area (Å²) in [7, 11) is -2.36.